The van der Waals surface area contributed by atoms with E-state index >= 15 is 0 Å². The normalized spacial score (nSPS) is 15.4. The molecule has 0 unspecified atom stereocenters. The Morgan fingerprint density at radius 3 is 2.41 bits per heavy atom. The van der Waals surface area contributed by atoms with Crippen molar-refractivity contribution in [1.82, 2.24) is 4.31 Å². The molecule has 1 aliphatic rings. The fourth-order valence-corrected chi connectivity index (χ4v) is 4.39. The van der Waals surface area contributed by atoms with Gasteiger partial charge in [-0.2, -0.15) is 4.31 Å². The summed E-state index contributed by atoms with van der Waals surface area (Å²) in [6.45, 7) is 1.56. The molecule has 0 bridgehead atoms. The van der Waals surface area contributed by atoms with Crippen molar-refractivity contribution in [3.05, 3.63) is 59.1 Å². The number of nitrogens with one attached hydrogen (secondary N) is 1. The zero-order valence-corrected chi connectivity index (χ0v) is 16.3. The van der Waals surface area contributed by atoms with Crippen LogP contribution in [0.3, 0.4) is 0 Å². The van der Waals surface area contributed by atoms with Gasteiger partial charge < -0.3 is 10.1 Å². The SMILES string of the molecule is O=C(CCc1ccc(S(=O)(=O)N2CCOCC2)cc1)Nc1ccccc1Cl. The van der Waals surface area contributed by atoms with E-state index in [9.17, 15) is 13.2 Å². The van der Waals surface area contributed by atoms with E-state index in [1.165, 1.54) is 4.31 Å². The number of morpholine rings is 1. The second-order valence-corrected chi connectivity index (χ2v) is 8.53. The summed E-state index contributed by atoms with van der Waals surface area (Å²) in [5.74, 6) is -0.145. The first-order chi connectivity index (χ1) is 13.0. The Kier molecular flexibility index (Phi) is 6.49. The summed E-state index contributed by atoms with van der Waals surface area (Å²) >= 11 is 6.03. The highest BCUT2D eigenvalue weighted by Crippen LogP contribution is 2.21. The van der Waals surface area contributed by atoms with Gasteiger partial charge in [-0.05, 0) is 36.2 Å². The lowest BCUT2D eigenvalue weighted by Gasteiger charge is -2.26. The summed E-state index contributed by atoms with van der Waals surface area (Å²) in [5, 5.41) is 3.26. The zero-order valence-electron chi connectivity index (χ0n) is 14.7. The third-order valence-corrected chi connectivity index (χ3v) is 6.56. The number of aryl methyl sites for hydroxylation is 1. The Labute approximate surface area is 164 Å². The monoisotopic (exact) mass is 408 g/mol. The van der Waals surface area contributed by atoms with Gasteiger partial charge in [0.1, 0.15) is 0 Å². The molecule has 1 amide bonds. The molecule has 0 saturated carbocycles. The van der Waals surface area contributed by atoms with Crippen LogP contribution in [0.15, 0.2) is 53.4 Å². The van der Waals surface area contributed by atoms with E-state index in [2.05, 4.69) is 5.32 Å². The molecule has 27 heavy (non-hydrogen) atoms. The maximum absolute atomic E-state index is 12.6. The molecule has 2 aromatic rings. The fraction of sp³-hybridized carbons (Fsp3) is 0.316. The Bertz CT molecular complexity index is 894. The predicted octanol–water partition coefficient (Wildman–Crippen LogP) is 2.93. The Morgan fingerprint density at radius 1 is 1.07 bits per heavy atom. The molecular weight excluding hydrogens is 388 g/mol. The number of ether oxygens (including phenoxy) is 1. The summed E-state index contributed by atoms with van der Waals surface area (Å²) in [6, 6.07) is 13.7. The van der Waals surface area contributed by atoms with E-state index in [0.29, 0.717) is 43.4 Å². The van der Waals surface area contributed by atoms with Crippen LogP contribution in [0, 0.1) is 0 Å². The first-order valence-corrected chi connectivity index (χ1v) is 10.5. The van der Waals surface area contributed by atoms with Crippen LogP contribution in [-0.2, 0) is 26.0 Å². The number of benzene rings is 2. The number of nitrogens with zero attached hydrogens (tertiary/aromatic N) is 1. The molecule has 0 radical (unpaired) electrons. The largest absolute Gasteiger partial charge is 0.379 e. The van der Waals surface area contributed by atoms with Crippen LogP contribution >= 0.6 is 11.6 Å². The van der Waals surface area contributed by atoms with E-state index in [-0.39, 0.29) is 17.2 Å². The van der Waals surface area contributed by atoms with Crippen molar-refractivity contribution in [1.29, 1.82) is 0 Å². The number of carbonyl (C=O) groups excluding carboxylic acids is 1. The maximum Gasteiger partial charge on any atom is 0.243 e. The molecule has 0 atom stereocenters. The summed E-state index contributed by atoms with van der Waals surface area (Å²) in [7, 11) is -3.50. The van der Waals surface area contributed by atoms with Crippen LogP contribution in [0.4, 0.5) is 5.69 Å². The molecule has 1 saturated heterocycles. The van der Waals surface area contributed by atoms with Crippen molar-refractivity contribution < 1.29 is 17.9 Å². The van der Waals surface area contributed by atoms with Gasteiger partial charge in [-0.1, -0.05) is 35.9 Å². The summed E-state index contributed by atoms with van der Waals surface area (Å²) in [5.41, 5.74) is 1.47. The molecule has 0 aliphatic carbocycles. The van der Waals surface area contributed by atoms with Gasteiger partial charge in [0.15, 0.2) is 0 Å². The minimum Gasteiger partial charge on any atom is -0.379 e. The smallest absolute Gasteiger partial charge is 0.243 e. The van der Waals surface area contributed by atoms with Crippen LogP contribution in [-0.4, -0.2) is 44.9 Å². The highest BCUT2D eigenvalue weighted by atomic mass is 35.5. The molecule has 2 aromatic carbocycles. The number of anilines is 1. The average Bonchev–Trinajstić information content (AvgIpc) is 2.69. The Hall–Kier alpha value is -1.93. The lowest BCUT2D eigenvalue weighted by molar-refractivity contribution is -0.116. The first-order valence-electron chi connectivity index (χ1n) is 8.68. The molecule has 1 N–H and O–H groups in total. The molecule has 8 heteroatoms. The molecular formula is C19H21ClN2O4S. The number of halogens is 1. The second-order valence-electron chi connectivity index (χ2n) is 6.19. The van der Waals surface area contributed by atoms with Crippen LogP contribution in [0.25, 0.3) is 0 Å². The van der Waals surface area contributed by atoms with Gasteiger partial charge in [0.25, 0.3) is 0 Å². The van der Waals surface area contributed by atoms with Crippen LogP contribution < -0.4 is 5.32 Å². The Morgan fingerprint density at radius 2 is 1.74 bits per heavy atom. The van der Waals surface area contributed by atoms with Crippen LogP contribution in [0.5, 0.6) is 0 Å². The van der Waals surface area contributed by atoms with Crippen molar-refractivity contribution in [2.45, 2.75) is 17.7 Å². The maximum atomic E-state index is 12.6. The molecule has 1 heterocycles. The number of sulfonamides is 1. The van der Waals surface area contributed by atoms with Crippen molar-refractivity contribution in [3.8, 4) is 0 Å². The predicted molar refractivity (Wildman–Crippen MR) is 104 cm³/mol. The third-order valence-electron chi connectivity index (χ3n) is 4.32. The lowest BCUT2D eigenvalue weighted by Crippen LogP contribution is -2.40. The van der Waals surface area contributed by atoms with E-state index < -0.39 is 10.0 Å². The Balaban J connectivity index is 1.57. The number of hydrogen-bond acceptors (Lipinski definition) is 4. The molecule has 6 nitrogen and oxygen atoms in total. The van der Waals surface area contributed by atoms with E-state index in [1.807, 2.05) is 0 Å². The number of rotatable bonds is 6. The molecule has 1 aliphatic heterocycles. The van der Waals surface area contributed by atoms with E-state index in [0.717, 1.165) is 5.56 Å². The summed E-state index contributed by atoms with van der Waals surface area (Å²) < 4.78 is 31.8. The highest BCUT2D eigenvalue weighted by molar-refractivity contribution is 7.89. The van der Waals surface area contributed by atoms with Gasteiger partial charge in [0.2, 0.25) is 15.9 Å². The van der Waals surface area contributed by atoms with E-state index in [4.69, 9.17) is 16.3 Å². The minimum atomic E-state index is -3.50. The molecule has 0 aromatic heterocycles. The number of hydrogen-bond donors (Lipinski definition) is 1. The van der Waals surface area contributed by atoms with Gasteiger partial charge in [-0.25, -0.2) is 8.42 Å². The van der Waals surface area contributed by atoms with Gasteiger partial charge in [-0.3, -0.25) is 4.79 Å². The van der Waals surface area contributed by atoms with Gasteiger partial charge in [0, 0.05) is 19.5 Å². The van der Waals surface area contributed by atoms with Gasteiger partial charge >= 0.3 is 0 Å². The zero-order chi connectivity index (χ0) is 19.3. The summed E-state index contributed by atoms with van der Waals surface area (Å²) in [6.07, 6.45) is 0.787. The first kappa shape index (κ1) is 19.8. The quantitative estimate of drug-likeness (QED) is 0.797. The van der Waals surface area contributed by atoms with Gasteiger partial charge in [0.05, 0.1) is 28.8 Å². The van der Waals surface area contributed by atoms with Gasteiger partial charge in [-0.15, -0.1) is 0 Å². The third kappa shape index (κ3) is 5.07. The molecule has 0 spiro atoms. The van der Waals surface area contributed by atoms with E-state index in [1.54, 1.807) is 48.5 Å². The number of amides is 1. The highest BCUT2D eigenvalue weighted by Gasteiger charge is 2.26. The average molecular weight is 409 g/mol. The van der Waals surface area contributed by atoms with Crippen LogP contribution in [0.2, 0.25) is 5.02 Å². The lowest BCUT2D eigenvalue weighted by atomic mass is 10.1. The summed E-state index contributed by atoms with van der Waals surface area (Å²) in [4.78, 5) is 12.3. The minimum absolute atomic E-state index is 0.145. The van der Waals surface area contributed by atoms with Crippen molar-refractivity contribution in [3.63, 3.8) is 0 Å². The number of para-hydroxylation sites is 1. The number of carbonyl (C=O) groups is 1. The molecule has 144 valence electrons. The molecule has 1 fully saturated rings. The topological polar surface area (TPSA) is 75.7 Å². The standard InChI is InChI=1S/C19H21ClN2O4S/c20-17-3-1-2-4-18(17)21-19(23)10-7-15-5-8-16(9-6-15)27(24,25)22-11-13-26-14-12-22/h1-6,8-9H,7,10-14H2,(H,21,23). The van der Waals surface area contributed by atoms with Crippen LogP contribution in [0.1, 0.15) is 12.0 Å². The molecule has 3 rings (SSSR count). The second kappa shape index (κ2) is 8.84. The fourth-order valence-electron chi connectivity index (χ4n) is 2.80. The van der Waals surface area contributed by atoms with Crippen molar-refractivity contribution in [2.75, 3.05) is 31.6 Å². The van der Waals surface area contributed by atoms with Crippen molar-refractivity contribution >= 4 is 33.2 Å². The van der Waals surface area contributed by atoms with Crippen molar-refractivity contribution in [2.24, 2.45) is 0 Å².